The number of aromatic hydroxyl groups is 1. The summed E-state index contributed by atoms with van der Waals surface area (Å²) in [5, 5.41) is 13.4. The average Bonchev–Trinajstić information content (AvgIpc) is 2.48. The van der Waals surface area contributed by atoms with Crippen LogP contribution < -0.4 is 10.1 Å². The number of benzene rings is 1. The minimum absolute atomic E-state index is 0.115. The second-order valence-electron chi connectivity index (χ2n) is 5.38. The van der Waals surface area contributed by atoms with Crippen molar-refractivity contribution in [2.24, 2.45) is 0 Å². The van der Waals surface area contributed by atoms with Gasteiger partial charge in [0, 0.05) is 24.3 Å². The molecule has 4 nitrogen and oxygen atoms in total. The molecule has 0 radical (unpaired) electrons. The molecule has 2 rings (SSSR count). The summed E-state index contributed by atoms with van der Waals surface area (Å²) in [6.45, 7) is 3.86. The van der Waals surface area contributed by atoms with Crippen LogP contribution in [0.3, 0.4) is 0 Å². The van der Waals surface area contributed by atoms with Crippen LogP contribution in [0.15, 0.2) is 18.2 Å². The molecule has 1 aromatic carbocycles. The van der Waals surface area contributed by atoms with E-state index in [4.69, 9.17) is 9.47 Å². The maximum atomic E-state index is 10.00. The minimum atomic E-state index is 0.115. The van der Waals surface area contributed by atoms with Crippen LogP contribution in [0.1, 0.15) is 44.2 Å². The van der Waals surface area contributed by atoms with Gasteiger partial charge in [0.05, 0.1) is 13.2 Å². The molecule has 1 heterocycles. The van der Waals surface area contributed by atoms with Crippen LogP contribution in [0.25, 0.3) is 0 Å². The molecular weight excluding hydrogens is 254 g/mol. The van der Waals surface area contributed by atoms with Crippen LogP contribution in [-0.2, 0) is 4.74 Å². The molecule has 1 aromatic rings. The molecule has 0 saturated carbocycles. The monoisotopic (exact) mass is 279 g/mol. The number of rotatable bonds is 6. The molecule has 1 fully saturated rings. The molecule has 1 aliphatic rings. The Morgan fingerprint density at radius 1 is 1.45 bits per heavy atom. The fourth-order valence-electron chi connectivity index (χ4n) is 2.62. The molecular formula is C16H25NO3. The second-order valence-corrected chi connectivity index (χ2v) is 5.38. The molecule has 4 heteroatoms. The highest BCUT2D eigenvalue weighted by Gasteiger charge is 2.15. The van der Waals surface area contributed by atoms with E-state index in [9.17, 15) is 5.11 Å². The van der Waals surface area contributed by atoms with Gasteiger partial charge in [-0.1, -0.05) is 6.07 Å². The van der Waals surface area contributed by atoms with Crippen LogP contribution in [0.4, 0.5) is 0 Å². The Morgan fingerprint density at radius 3 is 2.95 bits per heavy atom. The molecule has 0 aliphatic carbocycles. The van der Waals surface area contributed by atoms with E-state index in [1.54, 1.807) is 13.2 Å². The number of phenolic OH excluding ortho intramolecular Hbond substituents is 1. The third-order valence-corrected chi connectivity index (χ3v) is 3.89. The van der Waals surface area contributed by atoms with Crippen molar-refractivity contribution in [3.8, 4) is 11.5 Å². The Morgan fingerprint density at radius 2 is 2.30 bits per heavy atom. The molecule has 0 spiro atoms. The summed E-state index contributed by atoms with van der Waals surface area (Å²) in [4.78, 5) is 0. The Labute approximate surface area is 121 Å². The number of hydrogen-bond acceptors (Lipinski definition) is 4. The summed E-state index contributed by atoms with van der Waals surface area (Å²) in [6, 6.07) is 5.54. The highest BCUT2D eigenvalue weighted by Crippen LogP contribution is 2.28. The van der Waals surface area contributed by atoms with Gasteiger partial charge in [-0.05, 0) is 45.2 Å². The fourth-order valence-corrected chi connectivity index (χ4v) is 2.62. The van der Waals surface area contributed by atoms with E-state index < -0.39 is 0 Å². The SMILES string of the molecule is COc1ccc(C(C)NCCC2CCCCO2)c(O)c1. The largest absolute Gasteiger partial charge is 0.507 e. The highest BCUT2D eigenvalue weighted by molar-refractivity contribution is 5.41. The number of ether oxygens (including phenoxy) is 2. The van der Waals surface area contributed by atoms with Crippen LogP contribution >= 0.6 is 0 Å². The first-order chi connectivity index (χ1) is 9.70. The predicted molar refractivity (Wildman–Crippen MR) is 79.3 cm³/mol. The first-order valence-corrected chi connectivity index (χ1v) is 7.42. The van der Waals surface area contributed by atoms with Crippen LogP contribution in [0, 0.1) is 0 Å². The van der Waals surface area contributed by atoms with E-state index in [0.29, 0.717) is 11.9 Å². The molecule has 0 bridgehead atoms. The van der Waals surface area contributed by atoms with Gasteiger partial charge < -0.3 is 19.9 Å². The molecule has 20 heavy (non-hydrogen) atoms. The van der Waals surface area contributed by atoms with Crippen LogP contribution in [-0.4, -0.2) is 31.5 Å². The number of methoxy groups -OCH3 is 1. The summed E-state index contributed by atoms with van der Waals surface area (Å²) < 4.78 is 10.8. The van der Waals surface area contributed by atoms with Gasteiger partial charge >= 0.3 is 0 Å². The first kappa shape index (κ1) is 15.1. The lowest BCUT2D eigenvalue weighted by Crippen LogP contribution is -2.27. The Bertz CT molecular complexity index is 416. The summed E-state index contributed by atoms with van der Waals surface area (Å²) >= 11 is 0. The van der Waals surface area contributed by atoms with Gasteiger partial charge in [-0.2, -0.15) is 0 Å². The zero-order valence-electron chi connectivity index (χ0n) is 12.4. The van der Waals surface area contributed by atoms with Gasteiger partial charge in [-0.25, -0.2) is 0 Å². The summed E-state index contributed by atoms with van der Waals surface area (Å²) in [7, 11) is 1.60. The van der Waals surface area contributed by atoms with E-state index >= 15 is 0 Å². The van der Waals surface area contributed by atoms with Crippen molar-refractivity contribution in [2.75, 3.05) is 20.3 Å². The van der Waals surface area contributed by atoms with Crippen molar-refractivity contribution >= 4 is 0 Å². The minimum Gasteiger partial charge on any atom is -0.507 e. The normalized spacial score (nSPS) is 20.6. The Balaban J connectivity index is 1.80. The van der Waals surface area contributed by atoms with Gasteiger partial charge in [0.25, 0.3) is 0 Å². The van der Waals surface area contributed by atoms with Crippen molar-refractivity contribution in [2.45, 2.75) is 44.8 Å². The van der Waals surface area contributed by atoms with E-state index in [1.807, 2.05) is 12.1 Å². The van der Waals surface area contributed by atoms with Crippen molar-refractivity contribution in [3.63, 3.8) is 0 Å². The topological polar surface area (TPSA) is 50.7 Å². The predicted octanol–water partition coefficient (Wildman–Crippen LogP) is 3.01. The average molecular weight is 279 g/mol. The molecule has 2 unspecified atom stereocenters. The summed E-state index contributed by atoms with van der Waals surface area (Å²) in [6.07, 6.45) is 5.07. The van der Waals surface area contributed by atoms with E-state index in [1.165, 1.54) is 19.3 Å². The lowest BCUT2D eigenvalue weighted by molar-refractivity contribution is 0.0112. The Hall–Kier alpha value is -1.26. The fraction of sp³-hybridized carbons (Fsp3) is 0.625. The van der Waals surface area contributed by atoms with E-state index in [-0.39, 0.29) is 11.8 Å². The van der Waals surface area contributed by atoms with Crippen molar-refractivity contribution in [3.05, 3.63) is 23.8 Å². The summed E-state index contributed by atoms with van der Waals surface area (Å²) in [5.74, 6) is 0.951. The standard InChI is InChI=1S/C16H25NO3/c1-12(15-7-6-14(19-2)11-16(15)18)17-9-8-13-5-3-4-10-20-13/h6-7,11-13,17-18H,3-5,8-10H2,1-2H3. The molecule has 112 valence electrons. The highest BCUT2D eigenvalue weighted by atomic mass is 16.5. The molecule has 0 aromatic heterocycles. The van der Waals surface area contributed by atoms with Crippen molar-refractivity contribution in [1.82, 2.24) is 5.32 Å². The van der Waals surface area contributed by atoms with Gasteiger partial charge in [-0.3, -0.25) is 0 Å². The zero-order chi connectivity index (χ0) is 14.4. The maximum absolute atomic E-state index is 10.00. The first-order valence-electron chi connectivity index (χ1n) is 7.42. The number of hydrogen-bond donors (Lipinski definition) is 2. The lowest BCUT2D eigenvalue weighted by Gasteiger charge is -2.23. The van der Waals surface area contributed by atoms with Gasteiger partial charge in [-0.15, -0.1) is 0 Å². The Kier molecular flexibility index (Phi) is 5.68. The number of nitrogens with one attached hydrogen (secondary N) is 1. The second kappa shape index (κ2) is 7.50. The molecule has 0 amide bonds. The van der Waals surface area contributed by atoms with E-state index in [2.05, 4.69) is 12.2 Å². The quantitative estimate of drug-likeness (QED) is 0.840. The lowest BCUT2D eigenvalue weighted by atomic mass is 10.0. The van der Waals surface area contributed by atoms with Crippen molar-refractivity contribution < 1.29 is 14.6 Å². The zero-order valence-corrected chi connectivity index (χ0v) is 12.4. The molecule has 2 atom stereocenters. The number of phenols is 1. The molecule has 1 aliphatic heterocycles. The van der Waals surface area contributed by atoms with Crippen LogP contribution in [0.2, 0.25) is 0 Å². The molecule has 1 saturated heterocycles. The third-order valence-electron chi connectivity index (χ3n) is 3.89. The van der Waals surface area contributed by atoms with Crippen LogP contribution in [0.5, 0.6) is 11.5 Å². The molecule has 2 N–H and O–H groups in total. The maximum Gasteiger partial charge on any atom is 0.124 e. The smallest absolute Gasteiger partial charge is 0.124 e. The van der Waals surface area contributed by atoms with Gasteiger partial charge in [0.2, 0.25) is 0 Å². The van der Waals surface area contributed by atoms with Gasteiger partial charge in [0.1, 0.15) is 11.5 Å². The van der Waals surface area contributed by atoms with Gasteiger partial charge in [0.15, 0.2) is 0 Å². The third kappa shape index (κ3) is 4.12. The van der Waals surface area contributed by atoms with Crippen molar-refractivity contribution in [1.29, 1.82) is 0 Å². The summed E-state index contributed by atoms with van der Waals surface area (Å²) in [5.41, 5.74) is 0.898. The van der Waals surface area contributed by atoms with E-state index in [0.717, 1.165) is 25.1 Å².